The summed E-state index contributed by atoms with van der Waals surface area (Å²) in [5.74, 6) is 1.03. The second-order valence-corrected chi connectivity index (χ2v) is 4.86. The topological polar surface area (TPSA) is 81.1 Å². The zero-order valence-corrected chi connectivity index (χ0v) is 10.1. The first-order valence-electron chi connectivity index (χ1n) is 6.01. The minimum absolute atomic E-state index is 0.424. The monoisotopic (exact) mass is 233 g/mol. The summed E-state index contributed by atoms with van der Waals surface area (Å²) in [4.78, 5) is 11.3. The molecule has 2 rings (SSSR count). The number of benzene rings is 1. The van der Waals surface area contributed by atoms with E-state index in [1.165, 1.54) is 12.8 Å². The SMILES string of the molecule is CC(CNc1cc(N)ccc1C(N)=O)C1CC1. The highest BCUT2D eigenvalue weighted by Crippen LogP contribution is 2.36. The van der Waals surface area contributed by atoms with Gasteiger partial charge in [0, 0.05) is 17.9 Å². The maximum atomic E-state index is 11.3. The number of nitrogens with one attached hydrogen (secondary N) is 1. The number of nitrogen functional groups attached to an aromatic ring is 1. The van der Waals surface area contributed by atoms with Gasteiger partial charge in [0.25, 0.3) is 5.91 Å². The quantitative estimate of drug-likeness (QED) is 0.678. The van der Waals surface area contributed by atoms with E-state index in [1.54, 1.807) is 18.2 Å². The highest BCUT2D eigenvalue weighted by atomic mass is 16.1. The molecule has 1 aromatic rings. The minimum atomic E-state index is -0.424. The van der Waals surface area contributed by atoms with Gasteiger partial charge in [0.1, 0.15) is 0 Å². The van der Waals surface area contributed by atoms with Gasteiger partial charge in [-0.15, -0.1) is 0 Å². The molecule has 0 bridgehead atoms. The predicted molar refractivity (Wildman–Crippen MR) is 69.8 cm³/mol. The first kappa shape index (κ1) is 11.8. The van der Waals surface area contributed by atoms with Gasteiger partial charge in [0.05, 0.1) is 5.56 Å². The molecular weight excluding hydrogens is 214 g/mol. The molecule has 0 heterocycles. The summed E-state index contributed by atoms with van der Waals surface area (Å²) < 4.78 is 0. The average Bonchev–Trinajstić information content (AvgIpc) is 3.09. The predicted octanol–water partition coefficient (Wildman–Crippen LogP) is 1.83. The Morgan fingerprint density at radius 1 is 1.53 bits per heavy atom. The number of hydrogen-bond donors (Lipinski definition) is 3. The molecule has 17 heavy (non-hydrogen) atoms. The normalized spacial score (nSPS) is 16.5. The summed E-state index contributed by atoms with van der Waals surface area (Å²) in [7, 11) is 0. The second-order valence-electron chi connectivity index (χ2n) is 4.86. The number of carbonyl (C=O) groups is 1. The molecular formula is C13H19N3O. The van der Waals surface area contributed by atoms with Crippen molar-refractivity contribution in [2.24, 2.45) is 17.6 Å². The third-order valence-electron chi connectivity index (χ3n) is 3.35. The molecule has 1 fully saturated rings. The molecule has 1 aliphatic carbocycles. The Morgan fingerprint density at radius 3 is 2.82 bits per heavy atom. The molecule has 0 aromatic heterocycles. The van der Waals surface area contributed by atoms with Crippen molar-refractivity contribution in [1.82, 2.24) is 0 Å². The zero-order valence-electron chi connectivity index (χ0n) is 10.1. The number of hydrogen-bond acceptors (Lipinski definition) is 3. The molecule has 1 aromatic carbocycles. The van der Waals surface area contributed by atoms with Crippen LogP contribution in [0.5, 0.6) is 0 Å². The molecule has 4 heteroatoms. The summed E-state index contributed by atoms with van der Waals surface area (Å²) in [5, 5.41) is 3.28. The van der Waals surface area contributed by atoms with Crippen LogP contribution in [0.2, 0.25) is 0 Å². The van der Waals surface area contributed by atoms with Crippen LogP contribution in [0.3, 0.4) is 0 Å². The van der Waals surface area contributed by atoms with Crippen molar-refractivity contribution in [3.05, 3.63) is 23.8 Å². The van der Waals surface area contributed by atoms with Gasteiger partial charge >= 0.3 is 0 Å². The van der Waals surface area contributed by atoms with Crippen molar-refractivity contribution >= 4 is 17.3 Å². The molecule has 1 amide bonds. The molecule has 92 valence electrons. The first-order valence-corrected chi connectivity index (χ1v) is 6.01. The van der Waals surface area contributed by atoms with E-state index >= 15 is 0 Å². The number of anilines is 2. The van der Waals surface area contributed by atoms with E-state index in [0.717, 1.165) is 18.2 Å². The van der Waals surface area contributed by atoms with Crippen LogP contribution in [0.4, 0.5) is 11.4 Å². The number of nitrogens with two attached hydrogens (primary N) is 2. The fourth-order valence-corrected chi connectivity index (χ4v) is 2.03. The van der Waals surface area contributed by atoms with Gasteiger partial charge in [0.15, 0.2) is 0 Å². The van der Waals surface area contributed by atoms with E-state index in [2.05, 4.69) is 12.2 Å². The van der Waals surface area contributed by atoms with Crippen LogP contribution in [0.25, 0.3) is 0 Å². The summed E-state index contributed by atoms with van der Waals surface area (Å²) in [6.07, 6.45) is 2.64. The molecule has 0 radical (unpaired) electrons. The third-order valence-corrected chi connectivity index (χ3v) is 3.35. The van der Waals surface area contributed by atoms with Crippen molar-refractivity contribution in [3.8, 4) is 0 Å². The van der Waals surface area contributed by atoms with Crippen LogP contribution in [0.1, 0.15) is 30.1 Å². The van der Waals surface area contributed by atoms with Crippen molar-refractivity contribution in [3.63, 3.8) is 0 Å². The fourth-order valence-electron chi connectivity index (χ4n) is 2.03. The van der Waals surface area contributed by atoms with Crippen LogP contribution in [-0.2, 0) is 0 Å². The molecule has 1 saturated carbocycles. The first-order chi connectivity index (χ1) is 8.08. The van der Waals surface area contributed by atoms with Gasteiger partial charge in [-0.3, -0.25) is 4.79 Å². The summed E-state index contributed by atoms with van der Waals surface area (Å²) in [5.41, 5.74) is 12.9. The molecule has 4 nitrogen and oxygen atoms in total. The second kappa shape index (κ2) is 4.65. The minimum Gasteiger partial charge on any atom is -0.399 e. The lowest BCUT2D eigenvalue weighted by Crippen LogP contribution is -2.18. The Labute approximate surface area is 101 Å². The maximum Gasteiger partial charge on any atom is 0.250 e. The van der Waals surface area contributed by atoms with Crippen LogP contribution in [-0.4, -0.2) is 12.5 Å². The number of primary amides is 1. The number of rotatable bonds is 5. The molecule has 0 saturated heterocycles. The van der Waals surface area contributed by atoms with Gasteiger partial charge in [-0.05, 0) is 42.9 Å². The standard InChI is InChI=1S/C13H19N3O/c1-8(9-2-3-9)7-16-12-6-10(14)4-5-11(12)13(15)17/h4-6,8-9,16H,2-3,7,14H2,1H3,(H2,15,17). The Hall–Kier alpha value is -1.71. The summed E-state index contributed by atoms with van der Waals surface area (Å²) in [6.45, 7) is 3.08. The van der Waals surface area contributed by atoms with Crippen molar-refractivity contribution in [2.45, 2.75) is 19.8 Å². The van der Waals surface area contributed by atoms with Gasteiger partial charge in [-0.25, -0.2) is 0 Å². The lowest BCUT2D eigenvalue weighted by atomic mass is 10.1. The van der Waals surface area contributed by atoms with E-state index < -0.39 is 5.91 Å². The van der Waals surface area contributed by atoms with Crippen LogP contribution in [0.15, 0.2) is 18.2 Å². The zero-order chi connectivity index (χ0) is 12.4. The molecule has 0 spiro atoms. The van der Waals surface area contributed by atoms with Gasteiger partial charge in [-0.1, -0.05) is 6.92 Å². The smallest absolute Gasteiger partial charge is 0.250 e. The Morgan fingerprint density at radius 2 is 2.24 bits per heavy atom. The van der Waals surface area contributed by atoms with Crippen molar-refractivity contribution in [1.29, 1.82) is 0 Å². The third kappa shape index (κ3) is 2.90. The van der Waals surface area contributed by atoms with Gasteiger partial charge < -0.3 is 16.8 Å². The largest absolute Gasteiger partial charge is 0.399 e. The molecule has 1 aliphatic rings. The molecule has 1 atom stereocenters. The van der Waals surface area contributed by atoms with Crippen LogP contribution in [0, 0.1) is 11.8 Å². The maximum absolute atomic E-state index is 11.3. The van der Waals surface area contributed by atoms with E-state index in [9.17, 15) is 4.79 Å². The van der Waals surface area contributed by atoms with E-state index in [-0.39, 0.29) is 0 Å². The Balaban J connectivity index is 2.07. The van der Waals surface area contributed by atoms with Crippen LogP contribution < -0.4 is 16.8 Å². The number of amides is 1. The van der Waals surface area contributed by atoms with Gasteiger partial charge in [-0.2, -0.15) is 0 Å². The van der Waals surface area contributed by atoms with E-state index in [1.807, 2.05) is 0 Å². The Bertz CT molecular complexity index is 427. The van der Waals surface area contributed by atoms with Crippen molar-refractivity contribution in [2.75, 3.05) is 17.6 Å². The highest BCUT2D eigenvalue weighted by molar-refractivity contribution is 5.99. The van der Waals surface area contributed by atoms with E-state index in [4.69, 9.17) is 11.5 Å². The molecule has 5 N–H and O–H groups in total. The molecule has 1 unspecified atom stereocenters. The summed E-state index contributed by atoms with van der Waals surface area (Å²) in [6, 6.07) is 5.12. The van der Waals surface area contributed by atoms with Gasteiger partial charge in [0.2, 0.25) is 0 Å². The lowest BCUT2D eigenvalue weighted by Gasteiger charge is -2.15. The van der Waals surface area contributed by atoms with E-state index in [0.29, 0.717) is 17.2 Å². The highest BCUT2D eigenvalue weighted by Gasteiger charge is 2.27. The van der Waals surface area contributed by atoms with Crippen molar-refractivity contribution < 1.29 is 4.79 Å². The lowest BCUT2D eigenvalue weighted by molar-refractivity contribution is 0.100. The van der Waals surface area contributed by atoms with Crippen LogP contribution >= 0.6 is 0 Å². The molecule has 0 aliphatic heterocycles. The number of carbonyl (C=O) groups excluding carboxylic acids is 1. The fraction of sp³-hybridized carbons (Fsp3) is 0.462. The summed E-state index contributed by atoms with van der Waals surface area (Å²) >= 11 is 0. The average molecular weight is 233 g/mol. The Kier molecular flexibility index (Phi) is 3.22.